The summed E-state index contributed by atoms with van der Waals surface area (Å²) in [5, 5.41) is 4.20. The summed E-state index contributed by atoms with van der Waals surface area (Å²) < 4.78 is 39.0. The molecule has 1 heterocycles. The molecule has 1 aromatic heterocycles. The van der Waals surface area contributed by atoms with Crippen molar-refractivity contribution >= 4 is 22.3 Å². The lowest BCUT2D eigenvalue weighted by atomic mass is 10.0. The van der Waals surface area contributed by atoms with Gasteiger partial charge in [0.25, 0.3) is 0 Å². The Morgan fingerprint density at radius 1 is 1.08 bits per heavy atom. The lowest BCUT2D eigenvalue weighted by Crippen LogP contribution is -2.11. The molecule has 3 rings (SSSR count). The third-order valence-electron chi connectivity index (χ3n) is 4.02. The number of halogens is 3. The summed E-state index contributed by atoms with van der Waals surface area (Å²) in [4.78, 5) is 4.47. The minimum absolute atomic E-state index is 0.0919. The number of nitrogens with zero attached hydrogens (tertiary/aromatic N) is 1. The van der Waals surface area contributed by atoms with Crippen LogP contribution in [0.5, 0.6) is 0 Å². The number of para-hydroxylation sites is 1. The van der Waals surface area contributed by atoms with E-state index in [4.69, 9.17) is 5.73 Å². The minimum Gasteiger partial charge on any atom is -0.399 e. The molecule has 3 nitrogen and oxygen atoms in total. The Morgan fingerprint density at radius 2 is 1.80 bits per heavy atom. The number of benzene rings is 2. The molecule has 25 heavy (non-hydrogen) atoms. The number of aromatic nitrogens is 1. The van der Waals surface area contributed by atoms with Gasteiger partial charge in [0.2, 0.25) is 0 Å². The highest BCUT2D eigenvalue weighted by atomic mass is 19.4. The van der Waals surface area contributed by atoms with Gasteiger partial charge in [0.1, 0.15) is 0 Å². The molecule has 0 bridgehead atoms. The molecule has 1 unspecified atom stereocenters. The van der Waals surface area contributed by atoms with Crippen LogP contribution in [0.4, 0.5) is 24.5 Å². The van der Waals surface area contributed by atoms with Crippen molar-refractivity contribution in [1.29, 1.82) is 0 Å². The maximum atomic E-state index is 13.0. The van der Waals surface area contributed by atoms with Gasteiger partial charge in [-0.25, -0.2) is 0 Å². The summed E-state index contributed by atoms with van der Waals surface area (Å²) in [6.07, 6.45) is -4.43. The van der Waals surface area contributed by atoms with Crippen LogP contribution in [0.15, 0.2) is 48.5 Å². The molecule has 0 spiro atoms. The monoisotopic (exact) mass is 345 g/mol. The van der Waals surface area contributed by atoms with Gasteiger partial charge in [0.15, 0.2) is 0 Å². The smallest absolute Gasteiger partial charge is 0.399 e. The molecule has 2 aromatic carbocycles. The molecule has 0 aliphatic heterocycles. The van der Waals surface area contributed by atoms with Crippen molar-refractivity contribution in [2.45, 2.75) is 26.1 Å². The van der Waals surface area contributed by atoms with Gasteiger partial charge in [-0.3, -0.25) is 4.98 Å². The summed E-state index contributed by atoms with van der Waals surface area (Å²) in [5.74, 6) is 0. The number of nitrogens with one attached hydrogen (secondary N) is 1. The number of hydrogen-bond acceptors (Lipinski definition) is 3. The SMILES string of the molecule is Cc1cc(NC(C)c2cc(N)cc(C(F)(F)F)c2)c2ccccc2n1. The predicted octanol–water partition coefficient (Wildman–Crippen LogP) is 5.32. The van der Waals surface area contributed by atoms with E-state index in [0.29, 0.717) is 5.56 Å². The highest BCUT2D eigenvalue weighted by Gasteiger charge is 2.31. The lowest BCUT2D eigenvalue weighted by molar-refractivity contribution is -0.137. The topological polar surface area (TPSA) is 50.9 Å². The molecule has 0 aliphatic rings. The first kappa shape index (κ1) is 17.1. The number of hydrogen-bond donors (Lipinski definition) is 2. The summed E-state index contributed by atoms with van der Waals surface area (Å²) in [6.45, 7) is 3.68. The number of rotatable bonds is 3. The number of nitrogen functional groups attached to an aromatic ring is 1. The Kier molecular flexibility index (Phi) is 4.29. The van der Waals surface area contributed by atoms with Crippen molar-refractivity contribution in [2.24, 2.45) is 0 Å². The quantitative estimate of drug-likeness (QED) is 0.632. The molecule has 130 valence electrons. The van der Waals surface area contributed by atoms with Crippen molar-refractivity contribution in [1.82, 2.24) is 4.98 Å². The molecule has 3 N–H and O–H groups in total. The Morgan fingerprint density at radius 3 is 2.52 bits per heavy atom. The van der Waals surface area contributed by atoms with Crippen LogP contribution >= 0.6 is 0 Å². The van der Waals surface area contributed by atoms with Gasteiger partial charge in [-0.1, -0.05) is 18.2 Å². The predicted molar refractivity (Wildman–Crippen MR) is 94.4 cm³/mol. The first-order valence-electron chi connectivity index (χ1n) is 7.84. The number of pyridine rings is 1. The normalized spacial score (nSPS) is 13.0. The van der Waals surface area contributed by atoms with E-state index in [1.165, 1.54) is 0 Å². The Labute approximate surface area is 143 Å². The third-order valence-corrected chi connectivity index (χ3v) is 4.02. The average molecular weight is 345 g/mol. The highest BCUT2D eigenvalue weighted by Crippen LogP contribution is 2.34. The average Bonchev–Trinajstić information content (AvgIpc) is 2.53. The Bertz CT molecular complexity index is 919. The van der Waals surface area contributed by atoms with Gasteiger partial charge in [0.05, 0.1) is 11.1 Å². The Hall–Kier alpha value is -2.76. The molecular formula is C19H18F3N3. The van der Waals surface area contributed by atoms with Gasteiger partial charge in [-0.15, -0.1) is 0 Å². The van der Waals surface area contributed by atoms with Gasteiger partial charge in [-0.05, 0) is 49.7 Å². The van der Waals surface area contributed by atoms with E-state index >= 15 is 0 Å². The Balaban J connectivity index is 1.98. The van der Waals surface area contributed by atoms with Gasteiger partial charge in [0, 0.05) is 28.5 Å². The van der Waals surface area contributed by atoms with Crippen LogP contribution in [0.3, 0.4) is 0 Å². The fraction of sp³-hybridized carbons (Fsp3) is 0.211. The fourth-order valence-electron chi connectivity index (χ4n) is 2.83. The first-order valence-corrected chi connectivity index (χ1v) is 7.84. The summed E-state index contributed by atoms with van der Waals surface area (Å²) in [5.41, 5.74) is 7.98. The van der Waals surface area contributed by atoms with E-state index < -0.39 is 11.7 Å². The number of fused-ring (bicyclic) bond motifs is 1. The van der Waals surface area contributed by atoms with Gasteiger partial charge < -0.3 is 11.1 Å². The molecule has 0 radical (unpaired) electrons. The molecule has 1 atom stereocenters. The van der Waals surface area contributed by atoms with Crippen LogP contribution in [0.1, 0.15) is 29.8 Å². The van der Waals surface area contributed by atoms with E-state index in [0.717, 1.165) is 34.4 Å². The van der Waals surface area contributed by atoms with Crippen molar-refractivity contribution in [3.05, 3.63) is 65.4 Å². The van der Waals surface area contributed by atoms with Crippen molar-refractivity contribution in [2.75, 3.05) is 11.1 Å². The van der Waals surface area contributed by atoms with Crippen LogP contribution in [-0.2, 0) is 6.18 Å². The zero-order valence-electron chi connectivity index (χ0n) is 13.9. The highest BCUT2D eigenvalue weighted by molar-refractivity contribution is 5.91. The van der Waals surface area contributed by atoms with Crippen molar-refractivity contribution in [3.8, 4) is 0 Å². The minimum atomic E-state index is -4.43. The summed E-state index contributed by atoms with van der Waals surface area (Å²) >= 11 is 0. The summed E-state index contributed by atoms with van der Waals surface area (Å²) in [6, 6.07) is 12.8. The third kappa shape index (κ3) is 3.68. The van der Waals surface area contributed by atoms with Crippen LogP contribution in [0, 0.1) is 6.92 Å². The van der Waals surface area contributed by atoms with Crippen molar-refractivity contribution in [3.63, 3.8) is 0 Å². The second-order valence-electron chi connectivity index (χ2n) is 6.08. The van der Waals surface area contributed by atoms with E-state index in [-0.39, 0.29) is 11.7 Å². The largest absolute Gasteiger partial charge is 0.416 e. The molecular weight excluding hydrogens is 327 g/mol. The molecule has 0 saturated heterocycles. The van der Waals surface area contributed by atoms with Crippen LogP contribution in [0.25, 0.3) is 10.9 Å². The molecule has 0 saturated carbocycles. The van der Waals surface area contributed by atoms with E-state index in [9.17, 15) is 13.2 Å². The lowest BCUT2D eigenvalue weighted by Gasteiger charge is -2.19. The molecule has 0 fully saturated rings. The molecule has 6 heteroatoms. The number of aryl methyl sites for hydroxylation is 1. The first-order chi connectivity index (χ1) is 11.7. The van der Waals surface area contributed by atoms with Crippen LogP contribution < -0.4 is 11.1 Å². The van der Waals surface area contributed by atoms with E-state index in [1.54, 1.807) is 13.0 Å². The molecule has 0 amide bonds. The van der Waals surface area contributed by atoms with Gasteiger partial charge in [-0.2, -0.15) is 13.2 Å². The fourth-order valence-corrected chi connectivity index (χ4v) is 2.83. The second kappa shape index (κ2) is 6.27. The zero-order chi connectivity index (χ0) is 18.2. The molecule has 3 aromatic rings. The summed E-state index contributed by atoms with van der Waals surface area (Å²) in [7, 11) is 0. The van der Waals surface area contributed by atoms with Crippen molar-refractivity contribution < 1.29 is 13.2 Å². The van der Waals surface area contributed by atoms with E-state index in [2.05, 4.69) is 10.3 Å². The number of alkyl halides is 3. The number of anilines is 2. The standard InChI is InChI=1S/C19H18F3N3/c1-11-7-18(16-5-3-4-6-17(16)24-11)25-12(2)13-8-14(19(20,21)22)10-15(23)9-13/h3-10,12H,23H2,1-2H3,(H,24,25). The van der Waals surface area contributed by atoms with Crippen LogP contribution in [0.2, 0.25) is 0 Å². The van der Waals surface area contributed by atoms with Crippen LogP contribution in [-0.4, -0.2) is 4.98 Å². The van der Waals surface area contributed by atoms with E-state index in [1.807, 2.05) is 37.3 Å². The zero-order valence-corrected chi connectivity index (χ0v) is 13.9. The number of nitrogens with two attached hydrogens (primary N) is 1. The van der Waals surface area contributed by atoms with Gasteiger partial charge >= 0.3 is 6.18 Å². The maximum Gasteiger partial charge on any atom is 0.416 e. The second-order valence-corrected chi connectivity index (χ2v) is 6.08. The molecule has 0 aliphatic carbocycles. The maximum absolute atomic E-state index is 13.0.